The third kappa shape index (κ3) is 2.72. The maximum absolute atomic E-state index is 9.52. The van der Waals surface area contributed by atoms with Crippen molar-refractivity contribution in [3.8, 4) is 5.75 Å². The van der Waals surface area contributed by atoms with Gasteiger partial charge in [-0.15, -0.1) is 0 Å². The quantitative estimate of drug-likeness (QED) is 0.498. The normalized spacial score (nSPS) is 15.0. The predicted octanol–water partition coefficient (Wildman–Crippen LogP) is 1.93. The third-order valence-corrected chi connectivity index (χ3v) is 2.63. The van der Waals surface area contributed by atoms with Crippen LogP contribution >= 0.6 is 0 Å². The summed E-state index contributed by atoms with van der Waals surface area (Å²) >= 11 is 0. The lowest BCUT2D eigenvalue weighted by Crippen LogP contribution is -2.27. The van der Waals surface area contributed by atoms with Gasteiger partial charge in [0.15, 0.2) is 0 Å². The Morgan fingerprint density at radius 3 is 3.11 bits per heavy atom. The number of benzene rings is 1. The van der Waals surface area contributed by atoms with E-state index in [9.17, 15) is 5.02 Å². The van der Waals surface area contributed by atoms with Crippen molar-refractivity contribution in [1.29, 1.82) is 0 Å². The van der Waals surface area contributed by atoms with Gasteiger partial charge in [-0.05, 0) is 42.2 Å². The van der Waals surface area contributed by atoms with Crippen molar-refractivity contribution in [2.24, 2.45) is 0 Å². The van der Waals surface area contributed by atoms with E-state index < -0.39 is 7.12 Å². The maximum Gasteiger partial charge on any atom is 0.491 e. The smallest absolute Gasteiger partial charge is 0.457 e. The molecule has 3 nitrogen and oxygen atoms in total. The molecule has 0 fully saturated rings. The van der Waals surface area contributed by atoms with Crippen molar-refractivity contribution in [1.82, 2.24) is 0 Å². The molecule has 18 heavy (non-hydrogen) atoms. The fourth-order valence-corrected chi connectivity index (χ4v) is 1.81. The molecule has 1 heterocycles. The van der Waals surface area contributed by atoms with Crippen LogP contribution < -0.4 is 10.2 Å². The minimum Gasteiger partial charge on any atom is -0.457 e. The van der Waals surface area contributed by atoms with Crippen LogP contribution in [0.25, 0.3) is 0 Å². The first-order chi connectivity index (χ1) is 8.74. The molecule has 0 aromatic heterocycles. The van der Waals surface area contributed by atoms with Gasteiger partial charge >= 0.3 is 7.12 Å². The molecule has 4 heteroatoms. The number of rotatable bonds is 4. The molecule has 2 rings (SSSR count). The molecule has 92 valence electrons. The first-order valence-electron chi connectivity index (χ1n) is 5.80. The van der Waals surface area contributed by atoms with Gasteiger partial charge in [0.25, 0.3) is 0 Å². The summed E-state index contributed by atoms with van der Waals surface area (Å²) in [4.78, 5) is 0. The zero-order valence-corrected chi connectivity index (χ0v) is 10.3. The van der Waals surface area contributed by atoms with Crippen LogP contribution in [0.4, 0.5) is 0 Å². The first kappa shape index (κ1) is 12.7. The molecular weight excluding hydrogens is 227 g/mol. The highest BCUT2D eigenvalue weighted by Gasteiger charge is 2.27. The average Bonchev–Trinajstić information content (AvgIpc) is 2.71. The number of fused-ring (bicyclic) bond motifs is 1. The molecule has 1 aromatic carbocycles. The van der Waals surface area contributed by atoms with Gasteiger partial charge in [0.05, 0.1) is 6.61 Å². The molecule has 0 saturated carbocycles. The van der Waals surface area contributed by atoms with Crippen molar-refractivity contribution in [3.63, 3.8) is 0 Å². The lowest BCUT2D eigenvalue weighted by atomic mass is 9.80. The van der Waals surface area contributed by atoms with Gasteiger partial charge in [0.1, 0.15) is 11.5 Å². The number of ether oxygens (including phenoxy) is 1. The molecule has 1 N–H and O–H groups in total. The second kappa shape index (κ2) is 5.71. The second-order valence-electron chi connectivity index (χ2n) is 3.93. The zero-order chi connectivity index (χ0) is 13.0. The van der Waals surface area contributed by atoms with Gasteiger partial charge in [-0.25, -0.2) is 0 Å². The number of hydrogen-bond acceptors (Lipinski definition) is 3. The lowest BCUT2D eigenvalue weighted by molar-refractivity contribution is 0.275. The summed E-state index contributed by atoms with van der Waals surface area (Å²) in [5.74, 6) is 1.43. The second-order valence-corrected chi connectivity index (χ2v) is 3.93. The van der Waals surface area contributed by atoms with Crippen LogP contribution in [-0.4, -0.2) is 12.1 Å². The number of hydrogen-bond donors (Lipinski definition) is 1. The molecule has 1 aliphatic heterocycles. The minimum atomic E-state index is -0.812. The van der Waals surface area contributed by atoms with Crippen LogP contribution in [0.1, 0.15) is 12.5 Å². The van der Waals surface area contributed by atoms with E-state index in [1.165, 1.54) is 0 Å². The van der Waals surface area contributed by atoms with E-state index in [0.29, 0.717) is 12.4 Å². The molecular formula is C14H15BO3. The Balaban J connectivity index is 2.20. The Hall–Kier alpha value is -1.78. The first-order valence-corrected chi connectivity index (χ1v) is 5.80. The summed E-state index contributed by atoms with van der Waals surface area (Å²) in [6, 6.07) is 5.52. The fraction of sp³-hybridized carbons (Fsp3) is 0.143. The summed E-state index contributed by atoms with van der Waals surface area (Å²) in [5.41, 5.74) is 1.76. The van der Waals surface area contributed by atoms with Crippen LogP contribution in [0, 0.1) is 0 Å². The van der Waals surface area contributed by atoms with E-state index in [4.69, 9.17) is 9.39 Å². The van der Waals surface area contributed by atoms with Crippen molar-refractivity contribution in [2.45, 2.75) is 13.5 Å². The SMILES string of the molecule is C=C/C=C(\C=C/C)Oc1ccc2c(c1)COB2O. The van der Waals surface area contributed by atoms with Crippen molar-refractivity contribution in [3.05, 3.63) is 60.4 Å². The maximum atomic E-state index is 9.52. The molecule has 0 bridgehead atoms. The van der Waals surface area contributed by atoms with Crippen LogP contribution in [-0.2, 0) is 11.3 Å². The van der Waals surface area contributed by atoms with Gasteiger partial charge in [0, 0.05) is 0 Å². The van der Waals surface area contributed by atoms with Gasteiger partial charge in [-0.3, -0.25) is 0 Å². The Labute approximate surface area is 107 Å². The van der Waals surface area contributed by atoms with Gasteiger partial charge in [-0.2, -0.15) is 0 Å². The topological polar surface area (TPSA) is 38.7 Å². The largest absolute Gasteiger partial charge is 0.491 e. The summed E-state index contributed by atoms with van der Waals surface area (Å²) in [5, 5.41) is 9.52. The molecule has 0 aliphatic carbocycles. The van der Waals surface area contributed by atoms with Crippen LogP contribution in [0.5, 0.6) is 5.75 Å². The molecule has 1 aromatic rings. The Morgan fingerprint density at radius 1 is 1.56 bits per heavy atom. The highest BCUT2D eigenvalue weighted by Crippen LogP contribution is 2.19. The Kier molecular flexibility index (Phi) is 4.02. The highest BCUT2D eigenvalue weighted by molar-refractivity contribution is 6.61. The Morgan fingerprint density at radius 2 is 2.39 bits per heavy atom. The van der Waals surface area contributed by atoms with E-state index in [0.717, 1.165) is 16.8 Å². The van der Waals surface area contributed by atoms with E-state index >= 15 is 0 Å². The van der Waals surface area contributed by atoms with Crippen LogP contribution in [0.3, 0.4) is 0 Å². The summed E-state index contributed by atoms with van der Waals surface area (Å²) in [6.07, 6.45) is 7.23. The zero-order valence-electron chi connectivity index (χ0n) is 10.3. The lowest BCUT2D eigenvalue weighted by Gasteiger charge is -2.07. The van der Waals surface area contributed by atoms with Gasteiger partial charge < -0.3 is 14.4 Å². The van der Waals surface area contributed by atoms with Crippen LogP contribution in [0.2, 0.25) is 0 Å². The van der Waals surface area contributed by atoms with Crippen molar-refractivity contribution < 1.29 is 14.4 Å². The van der Waals surface area contributed by atoms with Gasteiger partial charge in [0.2, 0.25) is 0 Å². The number of allylic oxidation sites excluding steroid dienone is 4. The highest BCUT2D eigenvalue weighted by atomic mass is 16.5. The Bertz CT molecular complexity index is 506. The predicted molar refractivity (Wildman–Crippen MR) is 72.6 cm³/mol. The molecule has 1 aliphatic rings. The van der Waals surface area contributed by atoms with E-state index in [-0.39, 0.29) is 0 Å². The molecule has 0 atom stereocenters. The summed E-state index contributed by atoms with van der Waals surface area (Å²) in [7, 11) is -0.812. The molecule has 0 amide bonds. The molecule has 0 unspecified atom stereocenters. The van der Waals surface area contributed by atoms with Crippen molar-refractivity contribution >= 4 is 12.6 Å². The monoisotopic (exact) mass is 242 g/mol. The van der Waals surface area contributed by atoms with Crippen molar-refractivity contribution in [2.75, 3.05) is 0 Å². The fourth-order valence-electron chi connectivity index (χ4n) is 1.81. The molecule has 0 saturated heterocycles. The standard InChI is InChI=1S/C14H15BO3/c1-3-5-12(6-4-2)18-13-7-8-14-11(9-13)10-17-15(14)16/h3-9,16H,1,10H2,2H3/b6-4-,12-5+. The van der Waals surface area contributed by atoms with Crippen LogP contribution in [0.15, 0.2) is 54.8 Å². The molecule has 0 spiro atoms. The summed E-state index contributed by atoms with van der Waals surface area (Å²) < 4.78 is 10.9. The van der Waals surface area contributed by atoms with Gasteiger partial charge in [-0.1, -0.05) is 24.8 Å². The third-order valence-electron chi connectivity index (χ3n) is 2.63. The van der Waals surface area contributed by atoms with E-state index in [2.05, 4.69) is 6.58 Å². The molecule has 0 radical (unpaired) electrons. The average molecular weight is 242 g/mol. The minimum absolute atomic E-state index is 0.415. The van der Waals surface area contributed by atoms with E-state index in [1.807, 2.05) is 37.3 Å². The van der Waals surface area contributed by atoms with E-state index in [1.54, 1.807) is 12.2 Å². The summed E-state index contributed by atoms with van der Waals surface area (Å²) in [6.45, 7) is 5.99.